The second-order valence-electron chi connectivity index (χ2n) is 11.8. The number of phenols is 1. The Bertz CT molecular complexity index is 840. The predicted octanol–water partition coefficient (Wildman–Crippen LogP) is 11.4. The van der Waals surface area contributed by atoms with Crippen molar-refractivity contribution in [3.63, 3.8) is 0 Å². The average Bonchev–Trinajstić information content (AvgIpc) is 2.99. The summed E-state index contributed by atoms with van der Waals surface area (Å²) in [6.07, 6.45) is 22.0. The molecule has 0 amide bonds. The Hall–Kier alpha value is -2.31. The Morgan fingerprint density at radius 2 is 0.860 bits per heavy atom. The summed E-state index contributed by atoms with van der Waals surface area (Å²) >= 11 is 0. The monoisotopic (exact) mass is 608 g/mol. The van der Waals surface area contributed by atoms with Crippen LogP contribution in [0.25, 0.3) is 0 Å². The lowest BCUT2D eigenvalue weighted by molar-refractivity contribution is 0.141. The number of phenolic OH excluding ortho intramolecular Hbond substituents is 1. The summed E-state index contributed by atoms with van der Waals surface area (Å²) in [6.45, 7) is 10.1. The zero-order valence-electron chi connectivity index (χ0n) is 28.1. The number of carboxylic acid groups (broad SMARTS) is 1. The van der Waals surface area contributed by atoms with Crippen LogP contribution < -0.4 is 18.9 Å². The quantitative estimate of drug-likeness (QED) is 0.0530. The molecule has 0 aliphatic heterocycles. The molecular weight excluding hydrogens is 544 g/mol. The van der Waals surface area contributed by atoms with Gasteiger partial charge < -0.3 is 29.2 Å². The van der Waals surface area contributed by atoms with E-state index in [0.717, 1.165) is 70.6 Å². The fourth-order valence-corrected chi connectivity index (χ4v) is 5.26. The van der Waals surface area contributed by atoms with Crippen molar-refractivity contribution in [1.29, 1.82) is 0 Å². The molecule has 0 fully saturated rings. The molecule has 0 atom stereocenters. The molecule has 0 heterocycles. The molecule has 0 saturated heterocycles. The number of ether oxygens (including phenoxy) is 4. The van der Waals surface area contributed by atoms with Gasteiger partial charge in [0.1, 0.15) is 0 Å². The first-order chi connectivity index (χ1) is 21.0. The fourth-order valence-electron chi connectivity index (χ4n) is 5.26. The Labute approximate surface area is 263 Å². The van der Waals surface area contributed by atoms with Crippen LogP contribution in [0, 0.1) is 0 Å². The average molecular weight is 609 g/mol. The van der Waals surface area contributed by atoms with Crippen molar-refractivity contribution in [2.75, 3.05) is 19.8 Å². The molecule has 2 N–H and O–H groups in total. The highest BCUT2D eigenvalue weighted by molar-refractivity contribution is 5.73. The number of carbonyl (C=O) groups is 1. The third-order valence-corrected chi connectivity index (χ3v) is 7.84. The summed E-state index contributed by atoms with van der Waals surface area (Å²) < 4.78 is 24.2. The lowest BCUT2D eigenvalue weighted by atomic mass is 10.0. The van der Waals surface area contributed by atoms with E-state index in [1.54, 1.807) is 0 Å². The Morgan fingerprint density at radius 1 is 0.488 bits per heavy atom. The molecule has 0 aromatic heterocycles. The van der Waals surface area contributed by atoms with E-state index in [2.05, 4.69) is 27.7 Å². The molecule has 0 aliphatic rings. The third-order valence-electron chi connectivity index (χ3n) is 7.84. The first-order valence-corrected chi connectivity index (χ1v) is 17.7. The van der Waals surface area contributed by atoms with Gasteiger partial charge in [0, 0.05) is 5.56 Å². The maximum atomic E-state index is 11.8. The molecule has 7 heteroatoms. The van der Waals surface area contributed by atoms with Crippen LogP contribution in [0.1, 0.15) is 168 Å². The molecule has 0 unspecified atom stereocenters. The maximum Gasteiger partial charge on any atom is 0.511 e. The van der Waals surface area contributed by atoms with Crippen LogP contribution in [0.15, 0.2) is 0 Å². The minimum Gasteiger partial charge on any atom is -0.502 e. The number of rotatable bonds is 29. The molecule has 0 bridgehead atoms. The minimum atomic E-state index is -1.48. The van der Waals surface area contributed by atoms with E-state index in [9.17, 15) is 15.0 Å². The molecule has 250 valence electrons. The zero-order valence-corrected chi connectivity index (χ0v) is 28.1. The van der Waals surface area contributed by atoms with Gasteiger partial charge in [-0.05, 0) is 32.1 Å². The van der Waals surface area contributed by atoms with Crippen LogP contribution in [-0.2, 0) is 6.42 Å². The lowest BCUT2D eigenvalue weighted by Crippen LogP contribution is -2.12. The van der Waals surface area contributed by atoms with Crippen molar-refractivity contribution < 1.29 is 34.0 Å². The van der Waals surface area contributed by atoms with Crippen molar-refractivity contribution in [2.45, 2.75) is 169 Å². The Balaban J connectivity index is 3.31. The largest absolute Gasteiger partial charge is 0.511 e. The predicted molar refractivity (Wildman–Crippen MR) is 177 cm³/mol. The molecule has 1 rings (SSSR count). The van der Waals surface area contributed by atoms with Crippen LogP contribution in [0.5, 0.6) is 28.7 Å². The summed E-state index contributed by atoms with van der Waals surface area (Å²) in [7, 11) is 0. The normalized spacial score (nSPS) is 11.1. The van der Waals surface area contributed by atoms with Crippen LogP contribution in [0.4, 0.5) is 4.79 Å². The van der Waals surface area contributed by atoms with Crippen molar-refractivity contribution in [1.82, 2.24) is 0 Å². The van der Waals surface area contributed by atoms with Gasteiger partial charge in [-0.2, -0.15) is 0 Å². The van der Waals surface area contributed by atoms with Gasteiger partial charge in [-0.1, -0.05) is 137 Å². The molecule has 1 aromatic rings. The van der Waals surface area contributed by atoms with Crippen LogP contribution in [0.2, 0.25) is 0 Å². The molecule has 0 aliphatic carbocycles. The second-order valence-corrected chi connectivity index (χ2v) is 11.8. The summed E-state index contributed by atoms with van der Waals surface area (Å²) in [5, 5.41) is 21.0. The highest BCUT2D eigenvalue weighted by atomic mass is 16.7. The van der Waals surface area contributed by atoms with E-state index in [1.807, 2.05) is 0 Å². The van der Waals surface area contributed by atoms with Crippen molar-refractivity contribution in [2.24, 2.45) is 0 Å². The third kappa shape index (κ3) is 16.9. The topological polar surface area (TPSA) is 94.5 Å². The highest BCUT2D eigenvalue weighted by Gasteiger charge is 2.30. The molecule has 0 radical (unpaired) electrons. The van der Waals surface area contributed by atoms with E-state index in [4.69, 9.17) is 18.9 Å². The van der Waals surface area contributed by atoms with Gasteiger partial charge in [-0.3, -0.25) is 0 Å². The number of aromatic hydroxyl groups is 1. The van der Waals surface area contributed by atoms with Crippen molar-refractivity contribution in [3.8, 4) is 28.7 Å². The fraction of sp³-hybridized carbons (Fsp3) is 0.806. The van der Waals surface area contributed by atoms with Crippen LogP contribution in [0.3, 0.4) is 0 Å². The number of hydrogen-bond donors (Lipinski definition) is 2. The van der Waals surface area contributed by atoms with Gasteiger partial charge in [-0.25, -0.2) is 4.79 Å². The summed E-state index contributed by atoms with van der Waals surface area (Å²) in [6, 6.07) is 0. The molecule has 0 spiro atoms. The number of benzene rings is 1. The molecule has 1 aromatic carbocycles. The van der Waals surface area contributed by atoms with Crippen LogP contribution in [-0.4, -0.2) is 36.2 Å². The van der Waals surface area contributed by atoms with E-state index in [0.29, 0.717) is 43.3 Å². The van der Waals surface area contributed by atoms with E-state index in [-0.39, 0.29) is 17.2 Å². The molecule has 7 nitrogen and oxygen atoms in total. The van der Waals surface area contributed by atoms with E-state index >= 15 is 0 Å². The number of unbranched alkanes of at least 4 members (excludes halogenated alkanes) is 17. The van der Waals surface area contributed by atoms with Gasteiger partial charge in [-0.15, -0.1) is 0 Å². The van der Waals surface area contributed by atoms with E-state index in [1.165, 1.54) is 64.2 Å². The van der Waals surface area contributed by atoms with Gasteiger partial charge in [0.05, 0.1) is 19.8 Å². The molecule has 43 heavy (non-hydrogen) atoms. The van der Waals surface area contributed by atoms with Gasteiger partial charge in [0.25, 0.3) is 0 Å². The van der Waals surface area contributed by atoms with Gasteiger partial charge >= 0.3 is 6.16 Å². The molecular formula is C36H64O7. The second kappa shape index (κ2) is 26.1. The smallest absolute Gasteiger partial charge is 0.502 e. The van der Waals surface area contributed by atoms with Crippen LogP contribution >= 0.6 is 0 Å². The zero-order chi connectivity index (χ0) is 31.5. The van der Waals surface area contributed by atoms with Crippen molar-refractivity contribution >= 4 is 6.16 Å². The number of hydrogen-bond acceptors (Lipinski definition) is 6. The minimum absolute atomic E-state index is 0.0913. The van der Waals surface area contributed by atoms with Crippen molar-refractivity contribution in [3.05, 3.63) is 5.56 Å². The van der Waals surface area contributed by atoms with E-state index < -0.39 is 6.16 Å². The summed E-state index contributed by atoms with van der Waals surface area (Å²) in [5.41, 5.74) is 0.546. The Kier molecular flexibility index (Phi) is 23.5. The first kappa shape index (κ1) is 38.7. The molecule has 0 saturated carbocycles. The summed E-state index contributed by atoms with van der Waals surface area (Å²) in [5.74, 6) is 0.569. The highest BCUT2D eigenvalue weighted by Crippen LogP contribution is 2.54. The van der Waals surface area contributed by atoms with Gasteiger partial charge in [0.2, 0.25) is 17.2 Å². The summed E-state index contributed by atoms with van der Waals surface area (Å²) in [4.78, 5) is 11.8. The van der Waals surface area contributed by atoms with Gasteiger partial charge in [0.15, 0.2) is 11.5 Å². The Morgan fingerprint density at radius 3 is 1.30 bits per heavy atom. The first-order valence-electron chi connectivity index (χ1n) is 17.7. The SMILES string of the molecule is CCCCCCCCOc1c(O)c(OC(=O)O)c(CCCCC)c(OCCCCCCCC)c1OCCCCCCCC. The maximum absolute atomic E-state index is 11.8. The lowest BCUT2D eigenvalue weighted by Gasteiger charge is -2.23. The standard InChI is InChI=1S/C36H64O7/c1-5-9-13-16-19-23-27-40-33-30(26-22-12-8-4)32(43-36(38)39)31(37)34(41-28-24-20-17-14-10-6-2)35(33)42-29-25-21-18-15-11-7-3/h37H,5-29H2,1-4H3,(H,38,39).